The van der Waals surface area contributed by atoms with Crippen molar-refractivity contribution in [2.45, 2.75) is 31.2 Å². The molecule has 8 heteroatoms. The largest absolute Gasteiger partial charge is 0.460 e. The number of hydrogen-bond donors (Lipinski definition) is 1. The van der Waals surface area contributed by atoms with E-state index in [1.165, 1.54) is 0 Å². The van der Waals surface area contributed by atoms with E-state index < -0.39 is 34.8 Å². The maximum Gasteiger partial charge on any atom is 0.370 e. The molecule has 0 unspecified atom stereocenters. The van der Waals surface area contributed by atoms with Crippen molar-refractivity contribution in [2.24, 2.45) is 5.73 Å². The molecule has 0 amide bonds. The van der Waals surface area contributed by atoms with Gasteiger partial charge in [-0.15, -0.1) is 0 Å². The van der Waals surface area contributed by atoms with Crippen molar-refractivity contribution in [3.63, 3.8) is 0 Å². The van der Waals surface area contributed by atoms with Gasteiger partial charge in [0.1, 0.15) is 12.6 Å². The van der Waals surface area contributed by atoms with Gasteiger partial charge in [0, 0.05) is 4.75 Å². The molecular weight excluding hydrogens is 394 g/mol. The van der Waals surface area contributed by atoms with Crippen LogP contribution < -0.4 is 5.73 Å². The quantitative estimate of drug-likeness (QED) is 0.514. The molecule has 1 atom stereocenters. The van der Waals surface area contributed by atoms with Crippen LogP contribution in [-0.4, -0.2) is 34.8 Å². The molecule has 0 saturated carbocycles. The number of esters is 2. The van der Waals surface area contributed by atoms with E-state index in [1.54, 1.807) is 44.2 Å². The summed E-state index contributed by atoms with van der Waals surface area (Å²) in [6.45, 7) is 2.81. The van der Waals surface area contributed by atoms with Gasteiger partial charge in [-0.1, -0.05) is 48.5 Å². The molecule has 2 aromatic rings. The van der Waals surface area contributed by atoms with Gasteiger partial charge in [0.05, 0.1) is 5.56 Å². The van der Waals surface area contributed by atoms with Crippen molar-refractivity contribution in [1.29, 1.82) is 0 Å². The van der Waals surface area contributed by atoms with Crippen molar-refractivity contribution < 1.29 is 28.6 Å². The molecule has 0 radical (unpaired) electrons. The predicted octanol–water partition coefficient (Wildman–Crippen LogP) is 3.52. The number of carbonyl (C=O) groups excluding carboxylic acids is 3. The number of ether oxygens (including phenoxy) is 3. The Balaban J connectivity index is 1.76. The molecule has 29 heavy (non-hydrogen) atoms. The Morgan fingerprint density at radius 3 is 2.14 bits per heavy atom. The molecule has 0 aliphatic heterocycles. The molecule has 2 N–H and O–H groups in total. The zero-order chi connectivity index (χ0) is 21.3. The van der Waals surface area contributed by atoms with Gasteiger partial charge >= 0.3 is 17.2 Å². The topological polar surface area (TPSA) is 105 Å². The van der Waals surface area contributed by atoms with Crippen molar-refractivity contribution in [3.8, 4) is 0 Å². The zero-order valence-corrected chi connectivity index (χ0v) is 17.0. The van der Waals surface area contributed by atoms with Crippen molar-refractivity contribution in [1.82, 2.24) is 0 Å². The van der Waals surface area contributed by atoms with E-state index in [1.807, 2.05) is 30.3 Å². The van der Waals surface area contributed by atoms with E-state index >= 15 is 0 Å². The number of carbonyl (C=O) groups is 3. The van der Waals surface area contributed by atoms with E-state index in [0.717, 1.165) is 17.3 Å². The first kappa shape index (κ1) is 22.4. The second-order valence-electron chi connectivity index (χ2n) is 6.59. The maximum atomic E-state index is 12.2. The van der Waals surface area contributed by atoms with E-state index in [-0.39, 0.29) is 6.61 Å². The highest BCUT2D eigenvalue weighted by Gasteiger charge is 2.37. The predicted molar refractivity (Wildman–Crippen MR) is 109 cm³/mol. The molecule has 154 valence electrons. The molecule has 0 bridgehead atoms. The smallest absolute Gasteiger partial charge is 0.370 e. The Morgan fingerprint density at radius 2 is 1.52 bits per heavy atom. The maximum absolute atomic E-state index is 12.2. The van der Waals surface area contributed by atoms with Crippen LogP contribution in [0.2, 0.25) is 0 Å². The third-order valence-electron chi connectivity index (χ3n) is 3.95. The molecule has 0 aliphatic carbocycles. The van der Waals surface area contributed by atoms with Gasteiger partial charge in [-0.3, -0.25) is 4.79 Å². The Hall–Kier alpha value is -2.84. The minimum Gasteiger partial charge on any atom is -0.460 e. The second kappa shape index (κ2) is 10.6. The van der Waals surface area contributed by atoms with Gasteiger partial charge in [-0.2, -0.15) is 0 Å². The summed E-state index contributed by atoms with van der Waals surface area (Å²) in [6.07, 6.45) is 0. The van der Waals surface area contributed by atoms with Crippen molar-refractivity contribution in [3.05, 3.63) is 71.8 Å². The van der Waals surface area contributed by atoms with Gasteiger partial charge in [0.2, 0.25) is 6.79 Å². The van der Waals surface area contributed by atoms with Crippen LogP contribution in [-0.2, 0) is 25.6 Å². The lowest BCUT2D eigenvalue weighted by atomic mass is 10.0. The first-order chi connectivity index (χ1) is 13.8. The van der Waals surface area contributed by atoms with Gasteiger partial charge < -0.3 is 19.9 Å². The third-order valence-corrected chi connectivity index (χ3v) is 5.01. The molecule has 0 heterocycles. The molecule has 7 nitrogen and oxygen atoms in total. The minimum atomic E-state index is -1.06. The summed E-state index contributed by atoms with van der Waals surface area (Å²) in [5.41, 5.74) is 7.15. The van der Waals surface area contributed by atoms with Crippen LogP contribution in [0.1, 0.15) is 29.8 Å². The van der Waals surface area contributed by atoms with Crippen LogP contribution in [0.15, 0.2) is 60.7 Å². The second-order valence-corrected chi connectivity index (χ2v) is 8.18. The van der Waals surface area contributed by atoms with E-state index in [0.29, 0.717) is 5.56 Å². The van der Waals surface area contributed by atoms with Crippen LogP contribution >= 0.6 is 11.8 Å². The Kier molecular flexibility index (Phi) is 8.23. The molecule has 2 rings (SSSR count). The average molecular weight is 417 g/mol. The summed E-state index contributed by atoms with van der Waals surface area (Å²) >= 11 is 0.729. The number of rotatable bonds is 8. The molecule has 0 aliphatic rings. The van der Waals surface area contributed by atoms with Gasteiger partial charge in [0.15, 0.2) is 0 Å². The van der Waals surface area contributed by atoms with Crippen LogP contribution in [0.4, 0.5) is 4.79 Å². The number of hydrogen-bond acceptors (Lipinski definition) is 8. The fraction of sp³-hybridized carbons (Fsp3) is 0.286. The first-order valence-electron chi connectivity index (χ1n) is 8.83. The standard InChI is InChI=1S/C21H23NO6S/c1-21(2,17(22)19(24)26-13-15-9-5-3-6-10-15)29-20(25)28-14-27-18(23)16-11-7-4-8-12-16/h3-12,17H,13-14,22H2,1-2H3/t17-/m0/s1. The fourth-order valence-corrected chi connectivity index (χ4v) is 2.96. The van der Waals surface area contributed by atoms with E-state index in [4.69, 9.17) is 19.9 Å². The van der Waals surface area contributed by atoms with E-state index in [9.17, 15) is 14.4 Å². The van der Waals surface area contributed by atoms with Crippen LogP contribution in [0.5, 0.6) is 0 Å². The lowest BCUT2D eigenvalue weighted by Crippen LogP contribution is -2.48. The summed E-state index contributed by atoms with van der Waals surface area (Å²) < 4.78 is 14.0. The van der Waals surface area contributed by atoms with Crippen LogP contribution in [0, 0.1) is 0 Å². The number of nitrogens with two attached hydrogens (primary N) is 1. The zero-order valence-electron chi connectivity index (χ0n) is 16.2. The molecule has 0 aromatic heterocycles. The molecular formula is C21H23NO6S. The normalized spacial score (nSPS) is 12.0. The van der Waals surface area contributed by atoms with Gasteiger partial charge in [-0.25, -0.2) is 9.59 Å². The summed E-state index contributed by atoms with van der Waals surface area (Å²) in [6, 6.07) is 16.5. The number of benzene rings is 2. The lowest BCUT2D eigenvalue weighted by Gasteiger charge is -2.27. The summed E-state index contributed by atoms with van der Waals surface area (Å²) in [5.74, 6) is -1.24. The summed E-state index contributed by atoms with van der Waals surface area (Å²) in [7, 11) is 0. The first-order valence-corrected chi connectivity index (χ1v) is 9.65. The molecule has 2 aromatic carbocycles. The third kappa shape index (κ3) is 7.24. The lowest BCUT2D eigenvalue weighted by molar-refractivity contribution is -0.147. The molecule has 0 fully saturated rings. The SMILES string of the molecule is CC(C)(SC(=O)OCOC(=O)c1ccccc1)[C@@H](N)C(=O)OCc1ccccc1. The van der Waals surface area contributed by atoms with E-state index in [2.05, 4.69) is 0 Å². The summed E-state index contributed by atoms with van der Waals surface area (Å²) in [4.78, 5) is 36.0. The van der Waals surface area contributed by atoms with Crippen LogP contribution in [0.3, 0.4) is 0 Å². The Morgan fingerprint density at radius 1 is 0.931 bits per heavy atom. The molecule has 0 spiro atoms. The van der Waals surface area contributed by atoms with Gasteiger partial charge in [-0.05, 0) is 43.3 Å². The fourth-order valence-electron chi connectivity index (χ4n) is 2.20. The number of thioether (sulfide) groups is 1. The summed E-state index contributed by atoms with van der Waals surface area (Å²) in [5, 5.41) is -0.720. The van der Waals surface area contributed by atoms with Crippen molar-refractivity contribution >= 4 is 29.0 Å². The minimum absolute atomic E-state index is 0.0913. The average Bonchev–Trinajstić information content (AvgIpc) is 2.72. The van der Waals surface area contributed by atoms with Gasteiger partial charge in [0.25, 0.3) is 0 Å². The Labute approximate surface area is 173 Å². The highest BCUT2D eigenvalue weighted by Crippen LogP contribution is 2.29. The highest BCUT2D eigenvalue weighted by atomic mass is 32.2. The Bertz CT molecular complexity index is 826. The van der Waals surface area contributed by atoms with Crippen LogP contribution in [0.25, 0.3) is 0 Å². The van der Waals surface area contributed by atoms with Crippen molar-refractivity contribution in [2.75, 3.05) is 6.79 Å². The highest BCUT2D eigenvalue weighted by molar-refractivity contribution is 8.14. The monoisotopic (exact) mass is 417 g/mol. The molecule has 0 saturated heterocycles.